The van der Waals surface area contributed by atoms with E-state index in [0.717, 1.165) is 37.3 Å². The van der Waals surface area contributed by atoms with Crippen molar-refractivity contribution in [2.75, 3.05) is 23.3 Å². The SMILES string of the molecule is CCCCN(Cc1ccco1)c1ccc(NC(C)=O)cc1C(=O)NCCC. The number of nitrogens with zero attached hydrogens (tertiary/aromatic N) is 1. The molecule has 0 unspecified atom stereocenters. The summed E-state index contributed by atoms with van der Waals surface area (Å²) >= 11 is 0. The van der Waals surface area contributed by atoms with Crippen molar-refractivity contribution in [1.29, 1.82) is 0 Å². The molecule has 0 aliphatic carbocycles. The zero-order valence-electron chi connectivity index (χ0n) is 16.4. The van der Waals surface area contributed by atoms with Crippen LogP contribution in [0.2, 0.25) is 0 Å². The topological polar surface area (TPSA) is 74.6 Å². The summed E-state index contributed by atoms with van der Waals surface area (Å²) < 4.78 is 5.51. The van der Waals surface area contributed by atoms with Gasteiger partial charge < -0.3 is 20.0 Å². The summed E-state index contributed by atoms with van der Waals surface area (Å²) in [5, 5.41) is 5.69. The van der Waals surface area contributed by atoms with Crippen molar-refractivity contribution in [2.24, 2.45) is 0 Å². The number of unbranched alkanes of at least 4 members (excludes halogenated alkanes) is 1. The Bertz CT molecular complexity index is 741. The number of nitrogens with one attached hydrogen (secondary N) is 2. The summed E-state index contributed by atoms with van der Waals surface area (Å²) in [6, 6.07) is 9.26. The van der Waals surface area contributed by atoms with Crippen LogP contribution in [0.3, 0.4) is 0 Å². The fourth-order valence-corrected chi connectivity index (χ4v) is 2.83. The lowest BCUT2D eigenvalue weighted by Crippen LogP contribution is -2.30. The molecule has 0 atom stereocenters. The Labute approximate surface area is 160 Å². The van der Waals surface area contributed by atoms with E-state index in [0.29, 0.717) is 24.3 Å². The number of amides is 2. The molecule has 0 radical (unpaired) electrons. The summed E-state index contributed by atoms with van der Waals surface area (Å²) in [7, 11) is 0. The van der Waals surface area contributed by atoms with Crippen molar-refractivity contribution in [3.8, 4) is 0 Å². The number of hydrogen-bond acceptors (Lipinski definition) is 4. The fourth-order valence-electron chi connectivity index (χ4n) is 2.83. The minimum Gasteiger partial charge on any atom is -0.467 e. The fraction of sp³-hybridized carbons (Fsp3) is 0.429. The molecular formula is C21H29N3O3. The van der Waals surface area contributed by atoms with Gasteiger partial charge in [-0.15, -0.1) is 0 Å². The molecule has 6 heteroatoms. The van der Waals surface area contributed by atoms with E-state index in [4.69, 9.17) is 4.42 Å². The lowest BCUT2D eigenvalue weighted by Gasteiger charge is -2.26. The van der Waals surface area contributed by atoms with Gasteiger partial charge in [0.1, 0.15) is 5.76 Å². The van der Waals surface area contributed by atoms with Crippen molar-refractivity contribution in [3.05, 3.63) is 47.9 Å². The molecule has 1 aromatic carbocycles. The van der Waals surface area contributed by atoms with E-state index in [1.807, 2.05) is 31.2 Å². The largest absolute Gasteiger partial charge is 0.467 e. The maximum absolute atomic E-state index is 12.8. The van der Waals surface area contributed by atoms with E-state index < -0.39 is 0 Å². The second kappa shape index (κ2) is 10.4. The van der Waals surface area contributed by atoms with Crippen LogP contribution < -0.4 is 15.5 Å². The second-order valence-corrected chi connectivity index (χ2v) is 6.52. The molecule has 0 aliphatic heterocycles. The van der Waals surface area contributed by atoms with E-state index >= 15 is 0 Å². The van der Waals surface area contributed by atoms with Gasteiger partial charge >= 0.3 is 0 Å². The highest BCUT2D eigenvalue weighted by Crippen LogP contribution is 2.27. The zero-order valence-corrected chi connectivity index (χ0v) is 16.4. The van der Waals surface area contributed by atoms with E-state index in [1.54, 1.807) is 12.3 Å². The standard InChI is InChI=1S/C21H29N3O3/c1-4-6-12-24(15-18-8-7-13-27-18)20-10-9-17(23-16(3)25)14-19(20)21(26)22-11-5-2/h7-10,13-14H,4-6,11-12,15H2,1-3H3,(H,22,26)(H,23,25). The summed E-state index contributed by atoms with van der Waals surface area (Å²) in [5.41, 5.74) is 2.00. The molecular weight excluding hydrogens is 342 g/mol. The van der Waals surface area contributed by atoms with Gasteiger partial charge in [-0.2, -0.15) is 0 Å². The summed E-state index contributed by atoms with van der Waals surface area (Å²) in [6.07, 6.45) is 4.57. The number of benzene rings is 1. The number of hydrogen-bond donors (Lipinski definition) is 2. The van der Waals surface area contributed by atoms with Crippen molar-refractivity contribution in [1.82, 2.24) is 5.32 Å². The Morgan fingerprint density at radius 2 is 1.96 bits per heavy atom. The highest BCUT2D eigenvalue weighted by molar-refractivity contribution is 6.02. The third-order valence-corrected chi connectivity index (χ3v) is 4.15. The van der Waals surface area contributed by atoms with E-state index in [1.165, 1.54) is 6.92 Å². The zero-order chi connectivity index (χ0) is 19.6. The highest BCUT2D eigenvalue weighted by Gasteiger charge is 2.18. The van der Waals surface area contributed by atoms with Crippen LogP contribution in [0.25, 0.3) is 0 Å². The lowest BCUT2D eigenvalue weighted by atomic mass is 10.1. The van der Waals surface area contributed by atoms with Crippen molar-refractivity contribution in [3.63, 3.8) is 0 Å². The molecule has 27 heavy (non-hydrogen) atoms. The number of furan rings is 1. The van der Waals surface area contributed by atoms with Crippen LogP contribution in [0.1, 0.15) is 56.2 Å². The van der Waals surface area contributed by atoms with Gasteiger partial charge in [0.15, 0.2) is 0 Å². The minimum atomic E-state index is -0.166. The minimum absolute atomic E-state index is 0.139. The number of carbonyl (C=O) groups excluding carboxylic acids is 2. The van der Waals surface area contributed by atoms with Crippen LogP contribution in [-0.4, -0.2) is 24.9 Å². The molecule has 0 aliphatic rings. The van der Waals surface area contributed by atoms with Crippen LogP contribution in [0.15, 0.2) is 41.0 Å². The molecule has 1 heterocycles. The molecule has 2 N–H and O–H groups in total. The number of anilines is 2. The van der Waals surface area contributed by atoms with Crippen molar-refractivity contribution in [2.45, 2.75) is 46.6 Å². The predicted octanol–water partition coefficient (Wildman–Crippen LogP) is 4.18. The molecule has 0 fully saturated rings. The van der Waals surface area contributed by atoms with Crippen molar-refractivity contribution < 1.29 is 14.0 Å². The molecule has 6 nitrogen and oxygen atoms in total. The Kier molecular flexibility index (Phi) is 7.92. The van der Waals surface area contributed by atoms with Gasteiger partial charge in [0.05, 0.1) is 24.1 Å². The molecule has 2 aromatic rings. The first-order valence-electron chi connectivity index (χ1n) is 9.52. The molecule has 0 bridgehead atoms. The Morgan fingerprint density at radius 1 is 1.15 bits per heavy atom. The van der Waals surface area contributed by atoms with Gasteiger partial charge in [-0.3, -0.25) is 9.59 Å². The van der Waals surface area contributed by atoms with Crippen LogP contribution in [0.5, 0.6) is 0 Å². The van der Waals surface area contributed by atoms with Gasteiger partial charge in [-0.1, -0.05) is 20.3 Å². The Balaban J connectivity index is 2.38. The van der Waals surface area contributed by atoms with E-state index in [9.17, 15) is 9.59 Å². The second-order valence-electron chi connectivity index (χ2n) is 6.52. The quantitative estimate of drug-likeness (QED) is 0.657. The molecule has 0 saturated heterocycles. The first-order chi connectivity index (χ1) is 13.0. The molecule has 1 aromatic heterocycles. The van der Waals surface area contributed by atoms with Gasteiger partial charge in [0.25, 0.3) is 5.91 Å². The van der Waals surface area contributed by atoms with Gasteiger partial charge in [0, 0.05) is 25.7 Å². The predicted molar refractivity (Wildman–Crippen MR) is 108 cm³/mol. The third-order valence-electron chi connectivity index (χ3n) is 4.15. The van der Waals surface area contributed by atoms with Crippen LogP contribution in [0.4, 0.5) is 11.4 Å². The molecule has 2 amide bonds. The maximum Gasteiger partial charge on any atom is 0.253 e. The Morgan fingerprint density at radius 3 is 2.59 bits per heavy atom. The van der Waals surface area contributed by atoms with Crippen LogP contribution >= 0.6 is 0 Å². The molecule has 0 saturated carbocycles. The van der Waals surface area contributed by atoms with Gasteiger partial charge in [0.2, 0.25) is 5.91 Å². The molecule has 0 spiro atoms. The van der Waals surface area contributed by atoms with Crippen LogP contribution in [0, 0.1) is 0 Å². The maximum atomic E-state index is 12.8. The third kappa shape index (κ3) is 6.16. The summed E-state index contributed by atoms with van der Waals surface area (Å²) in [5.74, 6) is 0.540. The lowest BCUT2D eigenvalue weighted by molar-refractivity contribution is -0.114. The first kappa shape index (κ1) is 20.6. The molecule has 146 valence electrons. The summed E-state index contributed by atoms with van der Waals surface area (Å²) in [6.45, 7) is 7.61. The monoisotopic (exact) mass is 371 g/mol. The number of carbonyl (C=O) groups is 2. The normalized spacial score (nSPS) is 10.5. The van der Waals surface area contributed by atoms with Gasteiger partial charge in [-0.05, 0) is 43.2 Å². The summed E-state index contributed by atoms with van der Waals surface area (Å²) in [4.78, 5) is 26.3. The first-order valence-corrected chi connectivity index (χ1v) is 9.52. The van der Waals surface area contributed by atoms with Crippen LogP contribution in [-0.2, 0) is 11.3 Å². The number of rotatable bonds is 10. The van der Waals surface area contributed by atoms with Gasteiger partial charge in [-0.25, -0.2) is 0 Å². The smallest absolute Gasteiger partial charge is 0.253 e. The van der Waals surface area contributed by atoms with E-state index in [2.05, 4.69) is 22.5 Å². The highest BCUT2D eigenvalue weighted by atomic mass is 16.3. The Hall–Kier alpha value is -2.76. The average Bonchev–Trinajstić information content (AvgIpc) is 3.16. The van der Waals surface area contributed by atoms with E-state index in [-0.39, 0.29) is 11.8 Å². The molecule has 2 rings (SSSR count). The average molecular weight is 371 g/mol. The van der Waals surface area contributed by atoms with Crippen molar-refractivity contribution >= 4 is 23.2 Å².